The van der Waals surface area contributed by atoms with Crippen LogP contribution in [0.25, 0.3) is 0 Å². The second kappa shape index (κ2) is 14.3. The van der Waals surface area contributed by atoms with E-state index < -0.39 is 11.9 Å². The van der Waals surface area contributed by atoms with Gasteiger partial charge < -0.3 is 41.4 Å². The van der Waals surface area contributed by atoms with Gasteiger partial charge in [-0.1, -0.05) is 5.21 Å². The van der Waals surface area contributed by atoms with Crippen LogP contribution in [-0.4, -0.2) is 100 Å². The Bertz CT molecular complexity index is 548. The molecule has 0 aliphatic carbocycles. The largest absolute Gasteiger partial charge is 0.396 e. The van der Waals surface area contributed by atoms with Crippen LogP contribution in [0.15, 0.2) is 6.20 Å². The van der Waals surface area contributed by atoms with Gasteiger partial charge >= 0.3 is 0 Å². The van der Waals surface area contributed by atoms with Crippen LogP contribution in [0.2, 0.25) is 0 Å². The fourth-order valence-electron chi connectivity index (χ4n) is 2.32. The highest BCUT2D eigenvalue weighted by atomic mass is 16.5. The first kappa shape index (κ1) is 25.4. The second-order valence-electron chi connectivity index (χ2n) is 6.93. The van der Waals surface area contributed by atoms with Crippen LogP contribution in [0, 0.1) is 11.8 Å². The Morgan fingerprint density at radius 3 is 1.97 bits per heavy atom. The summed E-state index contributed by atoms with van der Waals surface area (Å²) in [6.07, 6.45) is 2.46. The Hall–Kier alpha value is -1.67. The molecule has 0 unspecified atom stereocenters. The average molecular weight is 419 g/mol. The van der Waals surface area contributed by atoms with Crippen LogP contribution in [0.4, 0.5) is 0 Å². The molecule has 0 fully saturated rings. The van der Waals surface area contributed by atoms with Crippen LogP contribution in [-0.2, 0) is 20.7 Å². The fraction of sp³-hybridized carbons (Fsp3) is 0.824. The molecule has 1 amide bonds. The minimum absolute atomic E-state index is 0.161. The third-order valence-corrected chi connectivity index (χ3v) is 4.37. The van der Waals surface area contributed by atoms with Crippen molar-refractivity contribution in [3.8, 4) is 0 Å². The van der Waals surface area contributed by atoms with Gasteiger partial charge in [0.05, 0.1) is 64.6 Å². The van der Waals surface area contributed by atoms with Crippen molar-refractivity contribution < 1.29 is 34.7 Å². The van der Waals surface area contributed by atoms with Crippen molar-refractivity contribution in [3.63, 3.8) is 0 Å². The third kappa shape index (κ3) is 9.58. The van der Waals surface area contributed by atoms with E-state index in [1.807, 2.05) is 0 Å². The van der Waals surface area contributed by atoms with Gasteiger partial charge in [0.1, 0.15) is 6.04 Å². The summed E-state index contributed by atoms with van der Waals surface area (Å²) in [5.74, 6) is -1.35. The number of amides is 1. The molecule has 1 aromatic rings. The van der Waals surface area contributed by atoms with Crippen molar-refractivity contribution in [3.05, 3.63) is 11.9 Å². The number of carbonyl (C=O) groups is 1. The summed E-state index contributed by atoms with van der Waals surface area (Å²) in [6, 6.07) is -1.12. The molecular formula is C17H33N5O7. The van der Waals surface area contributed by atoms with E-state index in [0.29, 0.717) is 18.5 Å². The normalized spacial score (nSPS) is 13.0. The standard InChI is InChI=1S/C17H33N5O7/c18-16(17(19)27)2-1-14-3-22(21-20-14)15(10-28-8-12(4-23)5-24)11-29-9-13(6-25)7-26/h3,12-13,15-16,23-26H,1-2,4-11,18H2,(H2,19,27)/t16-/m1/s1. The number of hydrogen-bond donors (Lipinski definition) is 6. The van der Waals surface area contributed by atoms with Gasteiger partial charge in [0.15, 0.2) is 0 Å². The van der Waals surface area contributed by atoms with Gasteiger partial charge in [-0.05, 0) is 12.8 Å². The van der Waals surface area contributed by atoms with Crippen molar-refractivity contribution in [1.82, 2.24) is 15.0 Å². The summed E-state index contributed by atoms with van der Waals surface area (Å²) in [4.78, 5) is 11.0. The number of nitrogens with two attached hydrogens (primary N) is 2. The molecule has 1 rings (SSSR count). The first-order chi connectivity index (χ1) is 13.9. The molecule has 0 spiro atoms. The van der Waals surface area contributed by atoms with Gasteiger partial charge in [-0.25, -0.2) is 4.68 Å². The Balaban J connectivity index is 2.67. The topological polar surface area (TPSA) is 199 Å². The Kier molecular flexibility index (Phi) is 12.5. The SMILES string of the molecule is NC(=O)[C@H](N)CCc1cn(C(COCC(CO)CO)COCC(CO)CO)nn1. The third-order valence-electron chi connectivity index (χ3n) is 4.37. The smallest absolute Gasteiger partial charge is 0.234 e. The van der Waals surface area contributed by atoms with E-state index in [4.69, 9.17) is 41.4 Å². The molecule has 0 aromatic carbocycles. The molecule has 0 saturated heterocycles. The van der Waals surface area contributed by atoms with E-state index in [1.54, 1.807) is 10.9 Å². The van der Waals surface area contributed by atoms with Gasteiger partial charge in [0.2, 0.25) is 5.91 Å². The van der Waals surface area contributed by atoms with Gasteiger partial charge in [-0.15, -0.1) is 5.10 Å². The van der Waals surface area contributed by atoms with E-state index in [-0.39, 0.29) is 70.7 Å². The molecule has 0 aliphatic heterocycles. The highest BCUT2D eigenvalue weighted by Crippen LogP contribution is 2.11. The quantitative estimate of drug-likeness (QED) is 0.149. The molecule has 1 atom stereocenters. The van der Waals surface area contributed by atoms with E-state index in [2.05, 4.69) is 10.3 Å². The molecule has 0 bridgehead atoms. The minimum Gasteiger partial charge on any atom is -0.396 e. The first-order valence-electron chi connectivity index (χ1n) is 9.49. The molecule has 0 aliphatic rings. The molecule has 0 radical (unpaired) electrons. The Labute approximate surface area is 169 Å². The highest BCUT2D eigenvalue weighted by Gasteiger charge is 2.18. The van der Waals surface area contributed by atoms with E-state index in [9.17, 15) is 4.79 Å². The molecule has 12 nitrogen and oxygen atoms in total. The summed E-state index contributed by atoms with van der Waals surface area (Å²) in [5.41, 5.74) is 11.4. The van der Waals surface area contributed by atoms with Crippen molar-refractivity contribution in [2.45, 2.75) is 24.9 Å². The van der Waals surface area contributed by atoms with E-state index in [1.165, 1.54) is 0 Å². The van der Waals surface area contributed by atoms with Crippen LogP contribution in [0.3, 0.4) is 0 Å². The summed E-state index contributed by atoms with van der Waals surface area (Å²) in [6.45, 7) is -0.0887. The Morgan fingerprint density at radius 1 is 1.00 bits per heavy atom. The zero-order valence-electron chi connectivity index (χ0n) is 16.5. The number of ether oxygens (including phenoxy) is 2. The number of rotatable bonds is 17. The summed E-state index contributed by atoms with van der Waals surface area (Å²) in [7, 11) is 0. The fourth-order valence-corrected chi connectivity index (χ4v) is 2.32. The lowest BCUT2D eigenvalue weighted by molar-refractivity contribution is -0.119. The van der Waals surface area contributed by atoms with Gasteiger partial charge in [-0.3, -0.25) is 4.79 Å². The number of hydrogen-bond acceptors (Lipinski definition) is 10. The number of aromatic nitrogens is 3. The lowest BCUT2D eigenvalue weighted by Crippen LogP contribution is -2.36. The molecule has 8 N–H and O–H groups in total. The average Bonchev–Trinajstić information content (AvgIpc) is 3.19. The molecular weight excluding hydrogens is 386 g/mol. The van der Waals surface area contributed by atoms with E-state index in [0.717, 1.165) is 0 Å². The summed E-state index contributed by atoms with van der Waals surface area (Å²) >= 11 is 0. The number of aliphatic hydroxyl groups is 4. The van der Waals surface area contributed by atoms with Gasteiger partial charge in [-0.2, -0.15) is 0 Å². The van der Waals surface area contributed by atoms with Crippen LogP contribution in [0.1, 0.15) is 18.2 Å². The molecule has 1 heterocycles. The molecule has 29 heavy (non-hydrogen) atoms. The molecule has 0 saturated carbocycles. The maximum absolute atomic E-state index is 11.0. The molecule has 168 valence electrons. The lowest BCUT2D eigenvalue weighted by Gasteiger charge is -2.20. The van der Waals surface area contributed by atoms with Crippen molar-refractivity contribution in [1.29, 1.82) is 0 Å². The lowest BCUT2D eigenvalue weighted by atomic mass is 10.1. The predicted molar refractivity (Wildman–Crippen MR) is 102 cm³/mol. The van der Waals surface area contributed by atoms with Crippen LogP contribution >= 0.6 is 0 Å². The maximum Gasteiger partial charge on any atom is 0.234 e. The zero-order chi connectivity index (χ0) is 21.6. The van der Waals surface area contributed by atoms with Crippen molar-refractivity contribution in [2.75, 3.05) is 52.9 Å². The van der Waals surface area contributed by atoms with Gasteiger partial charge in [0.25, 0.3) is 0 Å². The predicted octanol–water partition coefficient (Wildman–Crippen LogP) is -3.20. The first-order valence-corrected chi connectivity index (χ1v) is 9.49. The summed E-state index contributed by atoms with van der Waals surface area (Å²) in [5, 5.41) is 44.6. The number of primary amides is 1. The highest BCUT2D eigenvalue weighted by molar-refractivity contribution is 5.79. The number of aryl methyl sites for hydroxylation is 1. The van der Waals surface area contributed by atoms with Crippen LogP contribution < -0.4 is 11.5 Å². The second-order valence-corrected chi connectivity index (χ2v) is 6.93. The van der Waals surface area contributed by atoms with Crippen molar-refractivity contribution >= 4 is 5.91 Å². The number of carbonyl (C=O) groups excluding carboxylic acids is 1. The minimum atomic E-state index is -0.759. The van der Waals surface area contributed by atoms with E-state index >= 15 is 0 Å². The van der Waals surface area contributed by atoms with Crippen molar-refractivity contribution in [2.24, 2.45) is 23.3 Å². The Morgan fingerprint density at radius 2 is 1.52 bits per heavy atom. The zero-order valence-corrected chi connectivity index (χ0v) is 16.5. The maximum atomic E-state index is 11.0. The molecule has 1 aromatic heterocycles. The van der Waals surface area contributed by atoms with Gasteiger partial charge in [0, 0.05) is 18.0 Å². The monoisotopic (exact) mass is 419 g/mol. The number of nitrogens with zero attached hydrogens (tertiary/aromatic N) is 3. The number of aliphatic hydroxyl groups excluding tert-OH is 4. The molecule has 12 heteroatoms. The summed E-state index contributed by atoms with van der Waals surface area (Å²) < 4.78 is 12.7. The van der Waals surface area contributed by atoms with Crippen LogP contribution in [0.5, 0.6) is 0 Å².